The number of carbonyl (C=O) groups is 1. The number of aromatic nitrogens is 4. The quantitative estimate of drug-likeness (QED) is 0.446. The molecule has 1 aliphatic carbocycles. The zero-order valence-electron chi connectivity index (χ0n) is 19.4. The highest BCUT2D eigenvalue weighted by molar-refractivity contribution is 5.90. The molecule has 0 saturated heterocycles. The average molecular weight is 454 g/mol. The summed E-state index contributed by atoms with van der Waals surface area (Å²) in [6.07, 6.45) is 5.74. The fourth-order valence-electron chi connectivity index (χ4n) is 4.53. The molecule has 7 heteroatoms. The molecule has 34 heavy (non-hydrogen) atoms. The lowest BCUT2D eigenvalue weighted by atomic mass is 9.93. The summed E-state index contributed by atoms with van der Waals surface area (Å²) in [5.41, 5.74) is 5.93. The minimum absolute atomic E-state index is 0.0348. The molecule has 0 spiro atoms. The van der Waals surface area contributed by atoms with Crippen LogP contribution < -0.4 is 5.56 Å². The minimum Gasteiger partial charge on any atom is -0.349 e. The van der Waals surface area contributed by atoms with Gasteiger partial charge in [0.15, 0.2) is 0 Å². The SMILES string of the molecule is CN(C)C(=O)CC1=C(n2nc(-c3c(-c4ccccc4)nn4ccccc34)ccc2=O)CCCC1. The molecular formula is C27H27N5O2. The van der Waals surface area contributed by atoms with Crippen LogP contribution in [0.5, 0.6) is 0 Å². The number of pyridine rings is 1. The van der Waals surface area contributed by atoms with E-state index in [9.17, 15) is 9.59 Å². The molecule has 0 unspecified atom stereocenters. The fraction of sp³-hybridized carbons (Fsp3) is 0.259. The molecule has 0 radical (unpaired) electrons. The number of allylic oxidation sites excluding steroid dienone is 1. The predicted octanol–water partition coefficient (Wildman–Crippen LogP) is 4.49. The van der Waals surface area contributed by atoms with Crippen LogP contribution in [0.1, 0.15) is 32.1 Å². The fourth-order valence-corrected chi connectivity index (χ4v) is 4.53. The Balaban J connectivity index is 1.69. The van der Waals surface area contributed by atoms with Crippen LogP contribution in [0.3, 0.4) is 0 Å². The smallest absolute Gasteiger partial charge is 0.271 e. The topological polar surface area (TPSA) is 72.5 Å². The highest BCUT2D eigenvalue weighted by Crippen LogP contribution is 2.35. The Hall–Kier alpha value is -4.00. The standard InChI is InChI=1S/C27H27N5O2/c1-30(2)25(34)18-20-12-6-7-13-22(20)32-24(33)16-15-21(28-32)26-23-14-8-9-17-31(23)29-27(26)19-10-4-3-5-11-19/h3-5,8-11,14-17H,6-7,12-13,18H2,1-2H3. The average Bonchev–Trinajstić information content (AvgIpc) is 3.25. The van der Waals surface area contributed by atoms with Gasteiger partial charge >= 0.3 is 0 Å². The van der Waals surface area contributed by atoms with Gasteiger partial charge in [0.25, 0.3) is 5.56 Å². The summed E-state index contributed by atoms with van der Waals surface area (Å²) in [7, 11) is 3.51. The van der Waals surface area contributed by atoms with Crippen molar-refractivity contribution in [2.45, 2.75) is 32.1 Å². The van der Waals surface area contributed by atoms with E-state index < -0.39 is 0 Å². The Bertz CT molecular complexity index is 1450. The molecule has 4 aromatic rings. The van der Waals surface area contributed by atoms with Gasteiger partial charge in [0.1, 0.15) is 5.69 Å². The summed E-state index contributed by atoms with van der Waals surface area (Å²) in [5.74, 6) is 0.0348. The monoisotopic (exact) mass is 453 g/mol. The molecule has 1 aromatic carbocycles. The molecule has 0 fully saturated rings. The highest BCUT2D eigenvalue weighted by atomic mass is 16.2. The number of rotatable bonds is 5. The van der Waals surface area contributed by atoms with Gasteiger partial charge in [-0.25, -0.2) is 9.20 Å². The molecule has 1 amide bonds. The molecule has 1 aliphatic rings. The summed E-state index contributed by atoms with van der Waals surface area (Å²) in [6.45, 7) is 0. The van der Waals surface area contributed by atoms with Crippen molar-refractivity contribution in [1.29, 1.82) is 0 Å². The van der Waals surface area contributed by atoms with Crippen molar-refractivity contribution in [3.63, 3.8) is 0 Å². The van der Waals surface area contributed by atoms with Gasteiger partial charge in [-0.15, -0.1) is 0 Å². The second-order valence-corrected chi connectivity index (χ2v) is 8.81. The van der Waals surface area contributed by atoms with E-state index in [0.717, 1.165) is 59.3 Å². The third-order valence-electron chi connectivity index (χ3n) is 6.31. The molecular weight excluding hydrogens is 426 g/mol. The van der Waals surface area contributed by atoms with Crippen molar-refractivity contribution in [3.05, 3.63) is 82.8 Å². The van der Waals surface area contributed by atoms with E-state index in [1.54, 1.807) is 31.1 Å². The molecule has 0 bridgehead atoms. The lowest BCUT2D eigenvalue weighted by Crippen LogP contribution is -2.26. The second kappa shape index (κ2) is 9.09. The first-order valence-corrected chi connectivity index (χ1v) is 11.6. The van der Waals surface area contributed by atoms with Gasteiger partial charge in [0.2, 0.25) is 5.91 Å². The Kier molecular flexibility index (Phi) is 5.84. The molecule has 0 saturated carbocycles. The number of fused-ring (bicyclic) bond motifs is 1. The normalized spacial score (nSPS) is 13.9. The van der Waals surface area contributed by atoms with Crippen LogP contribution in [-0.2, 0) is 4.79 Å². The molecule has 172 valence electrons. The minimum atomic E-state index is -0.187. The summed E-state index contributed by atoms with van der Waals surface area (Å²) in [6, 6.07) is 19.2. The van der Waals surface area contributed by atoms with Crippen LogP contribution >= 0.6 is 0 Å². The van der Waals surface area contributed by atoms with E-state index in [-0.39, 0.29) is 11.5 Å². The maximum atomic E-state index is 13.0. The molecule has 0 atom stereocenters. The van der Waals surface area contributed by atoms with Crippen LogP contribution in [-0.4, -0.2) is 44.3 Å². The van der Waals surface area contributed by atoms with E-state index in [1.807, 2.05) is 59.2 Å². The van der Waals surface area contributed by atoms with Gasteiger partial charge in [0, 0.05) is 44.0 Å². The number of carbonyl (C=O) groups excluding carboxylic acids is 1. The molecule has 3 aromatic heterocycles. The highest BCUT2D eigenvalue weighted by Gasteiger charge is 2.22. The third-order valence-corrected chi connectivity index (χ3v) is 6.31. The van der Waals surface area contributed by atoms with E-state index in [2.05, 4.69) is 0 Å². The third kappa shape index (κ3) is 4.05. The van der Waals surface area contributed by atoms with E-state index in [0.29, 0.717) is 12.1 Å². The van der Waals surface area contributed by atoms with Crippen molar-refractivity contribution in [2.75, 3.05) is 14.1 Å². The maximum absolute atomic E-state index is 13.0. The van der Waals surface area contributed by atoms with Gasteiger partial charge in [-0.2, -0.15) is 10.2 Å². The lowest BCUT2D eigenvalue weighted by molar-refractivity contribution is -0.128. The van der Waals surface area contributed by atoms with Crippen LogP contribution in [0.15, 0.2) is 77.2 Å². The Morgan fingerprint density at radius 2 is 1.71 bits per heavy atom. The van der Waals surface area contributed by atoms with Crippen molar-refractivity contribution in [3.8, 4) is 22.5 Å². The molecule has 7 nitrogen and oxygen atoms in total. The Labute approximate surface area is 198 Å². The number of benzene rings is 1. The molecule has 0 N–H and O–H groups in total. The number of nitrogens with zero attached hydrogens (tertiary/aromatic N) is 5. The van der Waals surface area contributed by atoms with Gasteiger partial charge in [-0.05, 0) is 49.5 Å². The van der Waals surface area contributed by atoms with Crippen molar-refractivity contribution in [2.24, 2.45) is 0 Å². The zero-order chi connectivity index (χ0) is 23.7. The molecule has 3 heterocycles. The summed E-state index contributed by atoms with van der Waals surface area (Å²) in [5, 5.41) is 9.67. The molecule has 5 rings (SSSR count). The van der Waals surface area contributed by atoms with Crippen LogP contribution in [0, 0.1) is 0 Å². The van der Waals surface area contributed by atoms with Crippen LogP contribution in [0.25, 0.3) is 33.7 Å². The zero-order valence-corrected chi connectivity index (χ0v) is 19.4. The maximum Gasteiger partial charge on any atom is 0.271 e. The van der Waals surface area contributed by atoms with Gasteiger partial charge in [-0.1, -0.05) is 36.4 Å². The van der Waals surface area contributed by atoms with E-state index >= 15 is 0 Å². The van der Waals surface area contributed by atoms with Crippen molar-refractivity contribution < 1.29 is 4.79 Å². The summed E-state index contributed by atoms with van der Waals surface area (Å²) >= 11 is 0. The lowest BCUT2D eigenvalue weighted by Gasteiger charge is -2.22. The number of amides is 1. The Morgan fingerprint density at radius 1 is 0.941 bits per heavy atom. The van der Waals surface area contributed by atoms with Gasteiger partial charge in [0.05, 0.1) is 16.8 Å². The van der Waals surface area contributed by atoms with E-state index in [4.69, 9.17) is 10.2 Å². The van der Waals surface area contributed by atoms with Crippen molar-refractivity contribution >= 4 is 17.1 Å². The number of hydrogen-bond donors (Lipinski definition) is 0. The van der Waals surface area contributed by atoms with E-state index in [1.165, 1.54) is 4.68 Å². The largest absolute Gasteiger partial charge is 0.349 e. The van der Waals surface area contributed by atoms with Crippen molar-refractivity contribution in [1.82, 2.24) is 24.3 Å². The summed E-state index contributed by atoms with van der Waals surface area (Å²) in [4.78, 5) is 27.0. The summed E-state index contributed by atoms with van der Waals surface area (Å²) < 4.78 is 3.35. The molecule has 0 aliphatic heterocycles. The first-order chi connectivity index (χ1) is 16.5. The Morgan fingerprint density at radius 3 is 2.50 bits per heavy atom. The van der Waals surface area contributed by atoms with Gasteiger partial charge < -0.3 is 4.90 Å². The predicted molar refractivity (Wildman–Crippen MR) is 133 cm³/mol. The van der Waals surface area contributed by atoms with Crippen LogP contribution in [0.4, 0.5) is 0 Å². The van der Waals surface area contributed by atoms with Crippen LogP contribution in [0.2, 0.25) is 0 Å². The number of hydrogen-bond acceptors (Lipinski definition) is 4. The first kappa shape index (κ1) is 21.8. The first-order valence-electron chi connectivity index (χ1n) is 11.6. The second-order valence-electron chi connectivity index (χ2n) is 8.81. The van der Waals surface area contributed by atoms with Gasteiger partial charge in [-0.3, -0.25) is 9.59 Å².